The predicted octanol–water partition coefficient (Wildman–Crippen LogP) is 11.0. The van der Waals surface area contributed by atoms with E-state index in [1.54, 1.807) is 0 Å². The smallest absolute Gasteiger partial charge is 0.227 e. The number of hydrogen-bond acceptors (Lipinski definition) is 2. The molecule has 7 rings (SSSR count). The van der Waals surface area contributed by atoms with E-state index in [0.717, 1.165) is 42.3 Å². The third kappa shape index (κ3) is 4.50. The van der Waals surface area contributed by atoms with Crippen molar-refractivity contribution >= 4 is 32.6 Å². The molecule has 0 aliphatic rings. The van der Waals surface area contributed by atoms with E-state index in [1.165, 1.54) is 54.9 Å². The van der Waals surface area contributed by atoms with Crippen molar-refractivity contribution in [2.45, 2.75) is 39.5 Å². The normalized spacial score (nSPS) is 11.6. The second kappa shape index (κ2) is 10.7. The summed E-state index contributed by atoms with van der Waals surface area (Å²) in [5.41, 5.74) is 10.6. The molecule has 1 aromatic heterocycles. The standard InChI is InChI=1S/C39H33NO/c1-3-12-29-24-35-36(25-30(29)13-4-2)41-39(40-35)28-22-20-27(21-23-28)38-33-18-10-8-16-31(33)37(26-14-6-5-7-15-26)32-17-9-11-19-34(32)38/h5-11,14-25H,3-4,12-13H2,1-2H3. The van der Waals surface area contributed by atoms with Crippen LogP contribution in [0.3, 0.4) is 0 Å². The Morgan fingerprint density at radius 2 is 0.976 bits per heavy atom. The first-order valence-electron chi connectivity index (χ1n) is 14.8. The van der Waals surface area contributed by atoms with Gasteiger partial charge in [-0.15, -0.1) is 0 Å². The number of oxazole rings is 1. The predicted molar refractivity (Wildman–Crippen MR) is 173 cm³/mol. The van der Waals surface area contributed by atoms with Crippen LogP contribution in [-0.4, -0.2) is 4.98 Å². The molecule has 0 saturated carbocycles. The van der Waals surface area contributed by atoms with Crippen molar-refractivity contribution in [1.29, 1.82) is 0 Å². The van der Waals surface area contributed by atoms with E-state index in [0.29, 0.717) is 5.89 Å². The molecule has 0 N–H and O–H groups in total. The number of fused-ring (bicyclic) bond motifs is 3. The van der Waals surface area contributed by atoms with E-state index in [9.17, 15) is 0 Å². The van der Waals surface area contributed by atoms with E-state index in [-0.39, 0.29) is 0 Å². The first kappa shape index (κ1) is 25.3. The van der Waals surface area contributed by atoms with Gasteiger partial charge in [0.2, 0.25) is 5.89 Å². The Bertz CT molecular complexity index is 1900. The lowest BCUT2D eigenvalue weighted by Crippen LogP contribution is -1.93. The lowest BCUT2D eigenvalue weighted by Gasteiger charge is -2.17. The second-order valence-electron chi connectivity index (χ2n) is 10.9. The van der Waals surface area contributed by atoms with E-state index in [4.69, 9.17) is 9.40 Å². The highest BCUT2D eigenvalue weighted by Crippen LogP contribution is 2.43. The van der Waals surface area contributed by atoms with Gasteiger partial charge in [0.05, 0.1) is 0 Å². The monoisotopic (exact) mass is 531 g/mol. The number of aryl methyl sites for hydroxylation is 2. The van der Waals surface area contributed by atoms with Gasteiger partial charge in [-0.05, 0) is 92.0 Å². The highest BCUT2D eigenvalue weighted by atomic mass is 16.3. The Morgan fingerprint density at radius 3 is 1.51 bits per heavy atom. The molecule has 0 radical (unpaired) electrons. The van der Waals surface area contributed by atoms with Crippen molar-refractivity contribution < 1.29 is 4.42 Å². The summed E-state index contributed by atoms with van der Waals surface area (Å²) >= 11 is 0. The van der Waals surface area contributed by atoms with Crippen LogP contribution in [0.1, 0.15) is 37.8 Å². The molecule has 0 fully saturated rings. The summed E-state index contributed by atoms with van der Waals surface area (Å²) in [6.07, 6.45) is 4.40. The number of hydrogen-bond donors (Lipinski definition) is 0. The van der Waals surface area contributed by atoms with Crippen LogP contribution < -0.4 is 0 Å². The number of benzene rings is 6. The Balaban J connectivity index is 1.36. The van der Waals surface area contributed by atoms with Gasteiger partial charge in [0.1, 0.15) is 5.52 Å². The zero-order valence-corrected chi connectivity index (χ0v) is 23.7. The molecule has 2 heteroatoms. The summed E-state index contributed by atoms with van der Waals surface area (Å²) in [5, 5.41) is 5.04. The molecule has 0 spiro atoms. The van der Waals surface area contributed by atoms with Crippen molar-refractivity contribution in [1.82, 2.24) is 4.98 Å². The van der Waals surface area contributed by atoms with Crippen molar-refractivity contribution in [2.75, 3.05) is 0 Å². The fourth-order valence-corrected chi connectivity index (χ4v) is 6.32. The van der Waals surface area contributed by atoms with Crippen LogP contribution in [0.5, 0.6) is 0 Å². The van der Waals surface area contributed by atoms with Gasteiger partial charge in [-0.3, -0.25) is 0 Å². The van der Waals surface area contributed by atoms with Gasteiger partial charge in [0, 0.05) is 5.56 Å². The summed E-state index contributed by atoms with van der Waals surface area (Å²) in [4.78, 5) is 4.91. The number of nitrogens with zero attached hydrogens (tertiary/aromatic N) is 1. The molecular formula is C39H33NO. The van der Waals surface area contributed by atoms with Crippen LogP contribution in [0.4, 0.5) is 0 Å². The van der Waals surface area contributed by atoms with Gasteiger partial charge >= 0.3 is 0 Å². The Kier molecular flexibility index (Phi) is 6.60. The summed E-state index contributed by atoms with van der Waals surface area (Å²) in [6.45, 7) is 4.46. The van der Waals surface area contributed by atoms with Gasteiger partial charge in [0.25, 0.3) is 0 Å². The third-order valence-corrected chi connectivity index (χ3v) is 8.16. The molecule has 0 atom stereocenters. The van der Waals surface area contributed by atoms with Crippen LogP contribution in [0.2, 0.25) is 0 Å². The van der Waals surface area contributed by atoms with E-state index in [1.807, 2.05) is 0 Å². The molecule has 0 aliphatic heterocycles. The fourth-order valence-electron chi connectivity index (χ4n) is 6.32. The summed E-state index contributed by atoms with van der Waals surface area (Å²) in [5.74, 6) is 0.678. The van der Waals surface area contributed by atoms with Gasteiger partial charge in [0.15, 0.2) is 5.58 Å². The molecule has 7 aromatic rings. The van der Waals surface area contributed by atoms with Gasteiger partial charge in [-0.1, -0.05) is 118 Å². The molecule has 0 bridgehead atoms. The summed E-state index contributed by atoms with van der Waals surface area (Å²) < 4.78 is 6.31. The molecule has 6 aromatic carbocycles. The average molecular weight is 532 g/mol. The minimum atomic E-state index is 0.678. The van der Waals surface area contributed by atoms with Crippen LogP contribution in [-0.2, 0) is 12.8 Å². The molecule has 0 aliphatic carbocycles. The summed E-state index contributed by atoms with van der Waals surface area (Å²) in [6, 6.07) is 41.5. The van der Waals surface area contributed by atoms with Crippen molar-refractivity contribution in [3.05, 3.63) is 126 Å². The molecule has 0 amide bonds. The Hall–Kier alpha value is -4.69. The fraction of sp³-hybridized carbons (Fsp3) is 0.154. The maximum Gasteiger partial charge on any atom is 0.227 e. The largest absolute Gasteiger partial charge is 0.436 e. The summed E-state index contributed by atoms with van der Waals surface area (Å²) in [7, 11) is 0. The molecule has 0 unspecified atom stereocenters. The highest BCUT2D eigenvalue weighted by molar-refractivity contribution is 6.21. The highest BCUT2D eigenvalue weighted by Gasteiger charge is 2.17. The van der Waals surface area contributed by atoms with Gasteiger partial charge < -0.3 is 4.42 Å². The number of rotatable bonds is 7. The van der Waals surface area contributed by atoms with Crippen LogP contribution in [0, 0.1) is 0 Å². The topological polar surface area (TPSA) is 26.0 Å². The van der Waals surface area contributed by atoms with Crippen LogP contribution in [0.15, 0.2) is 120 Å². The van der Waals surface area contributed by atoms with E-state index < -0.39 is 0 Å². The maximum atomic E-state index is 6.31. The Labute approximate surface area is 241 Å². The SMILES string of the molecule is CCCc1cc2nc(-c3ccc(-c4c5ccccc5c(-c5ccccc5)c5ccccc45)cc3)oc2cc1CCC. The third-order valence-electron chi connectivity index (χ3n) is 8.16. The van der Waals surface area contributed by atoms with E-state index in [2.05, 4.69) is 129 Å². The number of aromatic nitrogens is 1. The maximum absolute atomic E-state index is 6.31. The molecule has 2 nitrogen and oxygen atoms in total. The van der Waals surface area contributed by atoms with Crippen LogP contribution >= 0.6 is 0 Å². The quantitative estimate of drug-likeness (QED) is 0.191. The lowest BCUT2D eigenvalue weighted by atomic mass is 9.86. The zero-order valence-electron chi connectivity index (χ0n) is 23.7. The Morgan fingerprint density at radius 1 is 0.512 bits per heavy atom. The second-order valence-corrected chi connectivity index (χ2v) is 10.9. The first-order chi connectivity index (χ1) is 20.2. The molecule has 1 heterocycles. The minimum absolute atomic E-state index is 0.678. The van der Waals surface area contributed by atoms with Crippen molar-refractivity contribution in [3.63, 3.8) is 0 Å². The zero-order chi connectivity index (χ0) is 27.8. The minimum Gasteiger partial charge on any atom is -0.436 e. The molecular weight excluding hydrogens is 498 g/mol. The van der Waals surface area contributed by atoms with Crippen LogP contribution in [0.25, 0.3) is 66.4 Å². The van der Waals surface area contributed by atoms with Gasteiger partial charge in [-0.25, -0.2) is 4.98 Å². The lowest BCUT2D eigenvalue weighted by molar-refractivity contribution is 0.619. The van der Waals surface area contributed by atoms with E-state index >= 15 is 0 Å². The average Bonchev–Trinajstić information content (AvgIpc) is 3.43. The van der Waals surface area contributed by atoms with Crippen molar-refractivity contribution in [3.8, 4) is 33.7 Å². The molecule has 200 valence electrons. The van der Waals surface area contributed by atoms with Crippen molar-refractivity contribution in [2.24, 2.45) is 0 Å². The first-order valence-corrected chi connectivity index (χ1v) is 14.8. The molecule has 0 saturated heterocycles. The van der Waals surface area contributed by atoms with Gasteiger partial charge in [-0.2, -0.15) is 0 Å². The molecule has 41 heavy (non-hydrogen) atoms.